The number of benzene rings is 3. The number of hydrogen-bond donors (Lipinski definition) is 1. The molecule has 0 amide bonds. The monoisotopic (exact) mass is 497 g/mol. The second-order valence-corrected chi connectivity index (χ2v) is 8.42. The highest BCUT2D eigenvalue weighted by molar-refractivity contribution is 5.81. The molecule has 5 aromatic rings. The van der Waals surface area contributed by atoms with Gasteiger partial charge in [0, 0.05) is 30.3 Å². The summed E-state index contributed by atoms with van der Waals surface area (Å²) in [5, 5.41) is 2.93. The predicted molar refractivity (Wildman–Crippen MR) is 138 cm³/mol. The van der Waals surface area contributed by atoms with Crippen molar-refractivity contribution in [1.29, 1.82) is 0 Å². The fourth-order valence-electron chi connectivity index (χ4n) is 3.96. The minimum Gasteiger partial charge on any atom is -0.354 e. The van der Waals surface area contributed by atoms with Crippen molar-refractivity contribution in [3.8, 4) is 23.2 Å². The van der Waals surface area contributed by atoms with E-state index < -0.39 is 11.9 Å². The molecule has 2 heterocycles. The Bertz CT molecular complexity index is 1600. The first-order valence-electron chi connectivity index (χ1n) is 11.7. The standard InChI is InChI=1S/C29H22F3N5/c1-37-26(23-14-8-13-22(19-23)16-15-20-9-4-2-5-10-20)34-24-25(29(30,31)32)35-28(36-27(24)37)33-18-17-21-11-6-3-7-12-21/h2-14,19H,17-18H2,1H3,(H,33,35,36). The summed E-state index contributed by atoms with van der Waals surface area (Å²) >= 11 is 0. The largest absolute Gasteiger partial charge is 0.435 e. The van der Waals surface area contributed by atoms with Crippen LogP contribution in [0, 0.1) is 11.8 Å². The topological polar surface area (TPSA) is 55.6 Å². The average molecular weight is 498 g/mol. The van der Waals surface area contributed by atoms with E-state index in [0.29, 0.717) is 24.4 Å². The Hall–Kier alpha value is -4.64. The van der Waals surface area contributed by atoms with Crippen LogP contribution in [-0.4, -0.2) is 26.1 Å². The summed E-state index contributed by atoms with van der Waals surface area (Å²) in [5.41, 5.74) is 2.02. The average Bonchev–Trinajstić information content (AvgIpc) is 3.24. The lowest BCUT2D eigenvalue weighted by atomic mass is 10.1. The summed E-state index contributed by atoms with van der Waals surface area (Å²) in [4.78, 5) is 12.5. The zero-order valence-electron chi connectivity index (χ0n) is 19.9. The van der Waals surface area contributed by atoms with E-state index in [4.69, 9.17) is 0 Å². The van der Waals surface area contributed by atoms with Crippen LogP contribution in [0.3, 0.4) is 0 Å². The van der Waals surface area contributed by atoms with E-state index >= 15 is 0 Å². The molecule has 0 aliphatic heterocycles. The maximum atomic E-state index is 14.0. The quantitative estimate of drug-likeness (QED) is 0.298. The molecule has 1 N–H and O–H groups in total. The molecular weight excluding hydrogens is 475 g/mol. The van der Waals surface area contributed by atoms with Crippen LogP contribution in [-0.2, 0) is 19.6 Å². The Morgan fingerprint density at radius 1 is 0.811 bits per heavy atom. The predicted octanol–water partition coefficient (Wildman–Crippen LogP) is 6.10. The van der Waals surface area contributed by atoms with Gasteiger partial charge in [-0.1, -0.05) is 72.5 Å². The molecule has 0 radical (unpaired) electrons. The number of halogens is 3. The summed E-state index contributed by atoms with van der Waals surface area (Å²) in [6.45, 7) is 0.389. The maximum absolute atomic E-state index is 14.0. The highest BCUT2D eigenvalue weighted by Crippen LogP contribution is 2.35. The molecule has 37 heavy (non-hydrogen) atoms. The van der Waals surface area contributed by atoms with Gasteiger partial charge in [0.2, 0.25) is 5.95 Å². The Kier molecular flexibility index (Phi) is 6.60. The molecule has 184 valence electrons. The second-order valence-electron chi connectivity index (χ2n) is 8.42. The Morgan fingerprint density at radius 3 is 2.22 bits per heavy atom. The van der Waals surface area contributed by atoms with Crippen LogP contribution >= 0.6 is 0 Å². The fraction of sp³-hybridized carbons (Fsp3) is 0.138. The SMILES string of the molecule is Cn1c(-c2cccc(C#Cc3ccccc3)c2)nc2c(C(F)(F)F)nc(NCCc3ccccc3)nc21. The van der Waals surface area contributed by atoms with E-state index in [9.17, 15) is 13.2 Å². The first-order valence-corrected chi connectivity index (χ1v) is 11.7. The third kappa shape index (κ3) is 5.46. The highest BCUT2D eigenvalue weighted by atomic mass is 19.4. The number of fused-ring (bicyclic) bond motifs is 1. The molecule has 5 nitrogen and oxygen atoms in total. The number of alkyl halides is 3. The van der Waals surface area contributed by atoms with Crippen molar-refractivity contribution in [3.05, 3.63) is 107 Å². The van der Waals surface area contributed by atoms with Crippen molar-refractivity contribution in [2.45, 2.75) is 12.6 Å². The van der Waals surface area contributed by atoms with Gasteiger partial charge in [-0.05, 0) is 36.2 Å². The summed E-state index contributed by atoms with van der Waals surface area (Å²) in [5.74, 6) is 6.45. The number of nitrogens with zero attached hydrogens (tertiary/aromatic N) is 4. The van der Waals surface area contributed by atoms with Gasteiger partial charge in [-0.15, -0.1) is 0 Å². The molecule has 0 atom stereocenters. The first kappa shape index (κ1) is 24.1. The molecule has 0 saturated carbocycles. The minimum absolute atomic E-state index is 0.0900. The van der Waals surface area contributed by atoms with Crippen molar-refractivity contribution in [3.63, 3.8) is 0 Å². The maximum Gasteiger partial charge on any atom is 0.435 e. The Balaban J connectivity index is 1.49. The number of imidazole rings is 1. The van der Waals surface area contributed by atoms with Crippen LogP contribution in [0.5, 0.6) is 0 Å². The molecule has 0 aliphatic carbocycles. The molecular formula is C29H22F3N5. The number of nitrogens with one attached hydrogen (secondary N) is 1. The van der Waals surface area contributed by atoms with E-state index in [0.717, 1.165) is 16.7 Å². The summed E-state index contributed by atoms with van der Waals surface area (Å²) in [6.07, 6.45) is -4.07. The lowest BCUT2D eigenvalue weighted by molar-refractivity contribution is -0.139. The molecule has 0 aliphatic rings. The number of aromatic nitrogens is 4. The van der Waals surface area contributed by atoms with E-state index in [-0.39, 0.29) is 17.1 Å². The van der Waals surface area contributed by atoms with Crippen LogP contribution in [0.4, 0.5) is 19.1 Å². The van der Waals surface area contributed by atoms with Crippen molar-refractivity contribution >= 4 is 17.1 Å². The zero-order chi connectivity index (χ0) is 25.8. The number of aryl methyl sites for hydroxylation is 1. The third-order valence-corrected chi connectivity index (χ3v) is 5.77. The van der Waals surface area contributed by atoms with Crippen LogP contribution < -0.4 is 5.32 Å². The third-order valence-electron chi connectivity index (χ3n) is 5.77. The van der Waals surface area contributed by atoms with E-state index in [1.165, 1.54) is 0 Å². The molecule has 2 aromatic heterocycles. The van der Waals surface area contributed by atoms with Gasteiger partial charge in [0.25, 0.3) is 0 Å². The van der Waals surface area contributed by atoms with Gasteiger partial charge in [0.15, 0.2) is 11.3 Å². The van der Waals surface area contributed by atoms with Gasteiger partial charge >= 0.3 is 6.18 Å². The van der Waals surface area contributed by atoms with Crippen molar-refractivity contribution in [2.24, 2.45) is 7.05 Å². The smallest absolute Gasteiger partial charge is 0.354 e. The number of rotatable bonds is 5. The van der Waals surface area contributed by atoms with Crippen LogP contribution in [0.2, 0.25) is 0 Å². The Morgan fingerprint density at radius 2 is 1.49 bits per heavy atom. The zero-order valence-corrected chi connectivity index (χ0v) is 19.9. The van der Waals surface area contributed by atoms with Gasteiger partial charge < -0.3 is 9.88 Å². The molecule has 5 rings (SSSR count). The Labute approximate surface area is 212 Å². The van der Waals surface area contributed by atoms with E-state index in [1.54, 1.807) is 29.8 Å². The lowest BCUT2D eigenvalue weighted by Gasteiger charge is -2.10. The van der Waals surface area contributed by atoms with Gasteiger partial charge in [-0.25, -0.2) is 9.97 Å². The van der Waals surface area contributed by atoms with Gasteiger partial charge in [-0.2, -0.15) is 18.2 Å². The number of hydrogen-bond acceptors (Lipinski definition) is 4. The van der Waals surface area contributed by atoms with E-state index in [1.807, 2.05) is 66.7 Å². The number of anilines is 1. The molecule has 0 fully saturated rings. The minimum atomic E-state index is -4.69. The van der Waals surface area contributed by atoms with Gasteiger partial charge in [0.05, 0.1) is 0 Å². The molecule has 8 heteroatoms. The van der Waals surface area contributed by atoms with Gasteiger partial charge in [-0.3, -0.25) is 0 Å². The highest BCUT2D eigenvalue weighted by Gasteiger charge is 2.37. The first-order chi connectivity index (χ1) is 17.9. The van der Waals surface area contributed by atoms with Crippen molar-refractivity contribution in [1.82, 2.24) is 19.5 Å². The second kappa shape index (κ2) is 10.2. The lowest BCUT2D eigenvalue weighted by Crippen LogP contribution is -2.14. The van der Waals surface area contributed by atoms with Crippen LogP contribution in [0.25, 0.3) is 22.6 Å². The normalized spacial score (nSPS) is 11.2. The van der Waals surface area contributed by atoms with E-state index in [2.05, 4.69) is 32.1 Å². The summed E-state index contributed by atoms with van der Waals surface area (Å²) in [6, 6.07) is 26.4. The van der Waals surface area contributed by atoms with Crippen LogP contribution in [0.1, 0.15) is 22.4 Å². The van der Waals surface area contributed by atoms with Crippen LogP contribution in [0.15, 0.2) is 84.9 Å². The molecule has 0 spiro atoms. The van der Waals surface area contributed by atoms with Gasteiger partial charge in [0.1, 0.15) is 11.3 Å². The molecule has 0 saturated heterocycles. The van der Waals surface area contributed by atoms with Crippen molar-refractivity contribution < 1.29 is 13.2 Å². The summed E-state index contributed by atoms with van der Waals surface area (Å²) < 4.78 is 43.5. The summed E-state index contributed by atoms with van der Waals surface area (Å²) in [7, 11) is 1.65. The fourth-order valence-corrected chi connectivity index (χ4v) is 3.96. The van der Waals surface area contributed by atoms with Crippen molar-refractivity contribution in [2.75, 3.05) is 11.9 Å². The molecule has 0 unspecified atom stereocenters. The molecule has 0 bridgehead atoms. The molecule has 3 aromatic carbocycles.